The number of ether oxygens (including phenoxy) is 1. The van der Waals surface area contributed by atoms with Crippen LogP contribution in [0.5, 0.6) is 5.75 Å². The van der Waals surface area contributed by atoms with Gasteiger partial charge in [-0.1, -0.05) is 63.4 Å². The average molecular weight is 376 g/mol. The second kappa shape index (κ2) is 6.42. The molecule has 1 heterocycles. The molecule has 1 atom stereocenters. The lowest BCUT2D eigenvalue weighted by atomic mass is 9.81. The molecule has 0 amide bonds. The Balaban J connectivity index is 2.03. The Kier molecular flexibility index (Phi) is 5.14. The van der Waals surface area contributed by atoms with Gasteiger partial charge in [0, 0.05) is 17.1 Å². The van der Waals surface area contributed by atoms with Gasteiger partial charge in [0.15, 0.2) is 0 Å². The van der Waals surface area contributed by atoms with Crippen LogP contribution in [0, 0.1) is 5.41 Å². The van der Waals surface area contributed by atoms with Gasteiger partial charge in [0.1, 0.15) is 11.9 Å². The van der Waals surface area contributed by atoms with E-state index in [-0.39, 0.29) is 0 Å². The molecule has 18 heavy (non-hydrogen) atoms. The lowest BCUT2D eigenvalue weighted by Gasteiger charge is -2.32. The summed E-state index contributed by atoms with van der Waals surface area (Å²) in [5, 5.41) is 2.07. The number of rotatable bonds is 6. The van der Waals surface area contributed by atoms with E-state index in [2.05, 4.69) is 63.0 Å². The van der Waals surface area contributed by atoms with Gasteiger partial charge < -0.3 is 4.74 Å². The van der Waals surface area contributed by atoms with Gasteiger partial charge in [0.25, 0.3) is 0 Å². The molecule has 0 bridgehead atoms. The first-order valence-corrected chi connectivity index (χ1v) is 8.84. The zero-order valence-electron chi connectivity index (χ0n) is 10.8. The zero-order valence-corrected chi connectivity index (χ0v) is 14.0. The van der Waals surface area contributed by atoms with E-state index < -0.39 is 0 Å². The van der Waals surface area contributed by atoms with E-state index in [9.17, 15) is 0 Å². The topological polar surface area (TPSA) is 9.23 Å². The van der Waals surface area contributed by atoms with Crippen molar-refractivity contribution in [1.82, 2.24) is 0 Å². The molecular formula is C15H20Br2O. The van der Waals surface area contributed by atoms with Crippen LogP contribution >= 0.6 is 31.9 Å². The summed E-state index contributed by atoms with van der Waals surface area (Å²) in [5.41, 5.74) is 1.68. The van der Waals surface area contributed by atoms with Crippen LogP contribution in [0.4, 0.5) is 0 Å². The lowest BCUT2D eigenvalue weighted by molar-refractivity contribution is 0.156. The number of fused-ring (bicyclic) bond motifs is 1. The van der Waals surface area contributed by atoms with Crippen molar-refractivity contribution in [1.29, 1.82) is 0 Å². The zero-order chi connectivity index (χ0) is 13.0. The minimum atomic E-state index is 0.321. The van der Waals surface area contributed by atoms with E-state index in [1.54, 1.807) is 0 Å². The third-order valence-corrected chi connectivity index (χ3v) is 6.10. The van der Waals surface area contributed by atoms with Crippen LogP contribution in [0.3, 0.4) is 0 Å². The first kappa shape index (κ1) is 14.4. The molecule has 1 aromatic carbocycles. The molecule has 0 saturated heterocycles. The highest BCUT2D eigenvalue weighted by molar-refractivity contribution is 9.09. The molecule has 0 saturated carbocycles. The molecule has 1 aliphatic heterocycles. The molecule has 0 N–H and O–H groups in total. The Morgan fingerprint density at radius 2 is 2.00 bits per heavy atom. The fraction of sp³-hybridized carbons (Fsp3) is 0.600. The maximum absolute atomic E-state index is 6.07. The van der Waals surface area contributed by atoms with Gasteiger partial charge in [0.2, 0.25) is 0 Å². The van der Waals surface area contributed by atoms with Crippen LogP contribution in [0.2, 0.25) is 0 Å². The van der Waals surface area contributed by atoms with E-state index in [0.717, 1.165) is 29.3 Å². The highest BCUT2D eigenvalue weighted by Crippen LogP contribution is 2.39. The normalized spacial score (nSPS) is 18.5. The van der Waals surface area contributed by atoms with Gasteiger partial charge in [-0.15, -0.1) is 0 Å². The molecule has 100 valence electrons. The lowest BCUT2D eigenvalue weighted by Crippen LogP contribution is -2.32. The summed E-state index contributed by atoms with van der Waals surface area (Å²) < 4.78 is 6.07. The Bertz CT molecular complexity index is 363. The second-order valence-corrected chi connectivity index (χ2v) is 6.39. The molecule has 0 aliphatic carbocycles. The quantitative estimate of drug-likeness (QED) is 0.638. The van der Waals surface area contributed by atoms with E-state index in [1.807, 2.05) is 0 Å². The first-order valence-electron chi connectivity index (χ1n) is 6.59. The number of halogens is 2. The van der Waals surface area contributed by atoms with Crippen molar-refractivity contribution in [2.45, 2.75) is 38.7 Å². The number of hydrogen-bond acceptors (Lipinski definition) is 1. The molecular weight excluding hydrogens is 356 g/mol. The summed E-state index contributed by atoms with van der Waals surface area (Å²) in [5.74, 6) is 1.08. The summed E-state index contributed by atoms with van der Waals surface area (Å²) in [6.07, 6.45) is 4.97. The van der Waals surface area contributed by atoms with Crippen molar-refractivity contribution in [3.05, 3.63) is 29.8 Å². The van der Waals surface area contributed by atoms with Gasteiger partial charge >= 0.3 is 0 Å². The highest BCUT2D eigenvalue weighted by Gasteiger charge is 2.34. The largest absolute Gasteiger partial charge is 0.490 e. The van der Waals surface area contributed by atoms with Crippen molar-refractivity contribution in [3.63, 3.8) is 0 Å². The van der Waals surface area contributed by atoms with Crippen LogP contribution in [-0.2, 0) is 6.42 Å². The van der Waals surface area contributed by atoms with E-state index in [1.165, 1.54) is 18.4 Å². The van der Waals surface area contributed by atoms with E-state index in [0.29, 0.717) is 11.5 Å². The maximum atomic E-state index is 6.07. The molecule has 2 rings (SSSR count). The standard InChI is InChI=1S/C15H20Br2O/c1-2-7-15(10-16,11-17)9-13-8-12-5-3-4-6-14(12)18-13/h3-6,13H,2,7-11H2,1H3. The second-order valence-electron chi connectivity index (χ2n) is 5.27. The SMILES string of the molecule is CCCC(CBr)(CBr)CC1Cc2ccccc2O1. The van der Waals surface area contributed by atoms with Gasteiger partial charge in [-0.2, -0.15) is 0 Å². The van der Waals surface area contributed by atoms with Crippen LogP contribution < -0.4 is 4.74 Å². The maximum Gasteiger partial charge on any atom is 0.123 e. The molecule has 1 unspecified atom stereocenters. The fourth-order valence-electron chi connectivity index (χ4n) is 2.76. The van der Waals surface area contributed by atoms with Crippen LogP contribution in [0.1, 0.15) is 31.7 Å². The van der Waals surface area contributed by atoms with Crippen molar-refractivity contribution < 1.29 is 4.74 Å². The van der Waals surface area contributed by atoms with Gasteiger partial charge in [-0.3, -0.25) is 0 Å². The van der Waals surface area contributed by atoms with E-state index >= 15 is 0 Å². The van der Waals surface area contributed by atoms with Crippen molar-refractivity contribution in [3.8, 4) is 5.75 Å². The molecule has 0 aromatic heterocycles. The number of benzene rings is 1. The summed E-state index contributed by atoms with van der Waals surface area (Å²) in [4.78, 5) is 0. The van der Waals surface area contributed by atoms with Crippen molar-refractivity contribution in [2.24, 2.45) is 5.41 Å². The van der Waals surface area contributed by atoms with E-state index in [4.69, 9.17) is 4.74 Å². The Morgan fingerprint density at radius 1 is 1.28 bits per heavy atom. The van der Waals surface area contributed by atoms with Crippen molar-refractivity contribution >= 4 is 31.9 Å². The van der Waals surface area contributed by atoms with Crippen molar-refractivity contribution in [2.75, 3.05) is 10.7 Å². The predicted octanol–water partition coefficient (Wildman–Crippen LogP) is 4.96. The van der Waals surface area contributed by atoms with Gasteiger partial charge in [0.05, 0.1) is 0 Å². The number of hydrogen-bond donors (Lipinski definition) is 0. The van der Waals surface area contributed by atoms with Gasteiger partial charge in [-0.05, 0) is 29.9 Å². The minimum absolute atomic E-state index is 0.321. The summed E-state index contributed by atoms with van der Waals surface area (Å²) in [6, 6.07) is 8.41. The Morgan fingerprint density at radius 3 is 2.61 bits per heavy atom. The Hall–Kier alpha value is -0.0200. The monoisotopic (exact) mass is 374 g/mol. The third kappa shape index (κ3) is 3.11. The molecule has 0 spiro atoms. The summed E-state index contributed by atoms with van der Waals surface area (Å²) >= 11 is 7.38. The van der Waals surface area contributed by atoms with Crippen LogP contribution in [-0.4, -0.2) is 16.8 Å². The first-order chi connectivity index (χ1) is 8.73. The fourth-order valence-corrected chi connectivity index (χ4v) is 4.71. The average Bonchev–Trinajstić information content (AvgIpc) is 2.80. The number of alkyl halides is 2. The highest BCUT2D eigenvalue weighted by atomic mass is 79.9. The molecule has 3 heteroatoms. The molecule has 1 aliphatic rings. The third-order valence-electron chi connectivity index (χ3n) is 3.72. The number of para-hydroxylation sites is 1. The predicted molar refractivity (Wildman–Crippen MR) is 84.1 cm³/mol. The summed E-state index contributed by atoms with van der Waals surface area (Å²) in [7, 11) is 0. The van der Waals surface area contributed by atoms with Gasteiger partial charge in [-0.25, -0.2) is 0 Å². The molecule has 0 fully saturated rings. The molecule has 0 radical (unpaired) electrons. The molecule has 1 nitrogen and oxygen atoms in total. The summed E-state index contributed by atoms with van der Waals surface area (Å²) in [6.45, 7) is 2.25. The van der Waals surface area contributed by atoms with Crippen LogP contribution in [0.25, 0.3) is 0 Å². The minimum Gasteiger partial charge on any atom is -0.490 e. The molecule has 1 aromatic rings. The Labute approximate surface area is 127 Å². The smallest absolute Gasteiger partial charge is 0.123 e. The van der Waals surface area contributed by atoms with Crippen LogP contribution in [0.15, 0.2) is 24.3 Å².